The fourth-order valence-corrected chi connectivity index (χ4v) is 3.89. The third-order valence-corrected chi connectivity index (χ3v) is 5.45. The van der Waals surface area contributed by atoms with E-state index in [9.17, 15) is 9.90 Å². The highest BCUT2D eigenvalue weighted by Gasteiger charge is 2.34. The molecule has 5 nitrogen and oxygen atoms in total. The Bertz CT molecular complexity index is 1100. The number of hydrogen-bond acceptors (Lipinski definition) is 4. The Morgan fingerprint density at radius 1 is 1.10 bits per heavy atom. The van der Waals surface area contributed by atoms with Gasteiger partial charge in [-0.1, -0.05) is 29.3 Å². The van der Waals surface area contributed by atoms with Crippen LogP contribution in [0.15, 0.2) is 67.0 Å². The number of aromatic hydroxyl groups is 1. The molecule has 0 bridgehead atoms. The lowest BCUT2D eigenvalue weighted by molar-refractivity contribution is 0.0672. The first-order valence-electron chi connectivity index (χ1n) is 8.91. The van der Waals surface area contributed by atoms with Crippen LogP contribution in [0.4, 0.5) is 0 Å². The molecule has 4 rings (SSSR count). The van der Waals surface area contributed by atoms with E-state index in [-0.39, 0.29) is 11.7 Å². The second-order valence-corrected chi connectivity index (χ2v) is 7.50. The molecule has 1 aliphatic heterocycles. The number of rotatable bonds is 3. The average molecular weight is 426 g/mol. The van der Waals surface area contributed by atoms with Gasteiger partial charge in [0.1, 0.15) is 11.8 Å². The number of halogens is 2. The number of aryl methyl sites for hydroxylation is 1. The summed E-state index contributed by atoms with van der Waals surface area (Å²) in [6.45, 7) is 1.82. The predicted molar refractivity (Wildman–Crippen MR) is 114 cm³/mol. The molecule has 2 heterocycles. The molecule has 0 fully saturated rings. The topological polar surface area (TPSA) is 65.5 Å². The number of aromatic nitrogens is 1. The average Bonchev–Trinajstić information content (AvgIpc) is 3.15. The van der Waals surface area contributed by atoms with Crippen LogP contribution in [0.2, 0.25) is 10.0 Å². The molecule has 0 aliphatic carbocycles. The van der Waals surface area contributed by atoms with Crippen molar-refractivity contribution in [3.63, 3.8) is 0 Å². The SMILES string of the molecule is Cc1cc(C2=CC(c3c(Cl)cccc3Cl)N(C(=O)c3ccncc3)N2)ccc1O. The van der Waals surface area contributed by atoms with Crippen molar-refractivity contribution in [2.45, 2.75) is 13.0 Å². The number of benzene rings is 2. The number of carbonyl (C=O) groups is 1. The van der Waals surface area contributed by atoms with E-state index in [4.69, 9.17) is 23.2 Å². The van der Waals surface area contributed by atoms with Gasteiger partial charge in [-0.05, 0) is 66.6 Å². The van der Waals surface area contributed by atoms with Gasteiger partial charge in [0, 0.05) is 33.6 Å². The zero-order valence-corrected chi connectivity index (χ0v) is 16.9. The van der Waals surface area contributed by atoms with Gasteiger partial charge in [-0.3, -0.25) is 15.2 Å². The molecule has 1 aliphatic rings. The lowest BCUT2D eigenvalue weighted by atomic mass is 10.0. The van der Waals surface area contributed by atoms with E-state index < -0.39 is 6.04 Å². The molecule has 0 saturated heterocycles. The van der Waals surface area contributed by atoms with Crippen molar-refractivity contribution < 1.29 is 9.90 Å². The van der Waals surface area contributed by atoms with E-state index in [0.29, 0.717) is 21.2 Å². The molecule has 1 aromatic heterocycles. The Morgan fingerprint density at radius 3 is 2.45 bits per heavy atom. The van der Waals surface area contributed by atoms with Gasteiger partial charge >= 0.3 is 0 Å². The fourth-order valence-electron chi connectivity index (χ4n) is 3.27. The van der Waals surface area contributed by atoms with Gasteiger partial charge in [0.15, 0.2) is 0 Å². The van der Waals surface area contributed by atoms with E-state index in [1.165, 1.54) is 5.01 Å². The summed E-state index contributed by atoms with van der Waals surface area (Å²) in [6.07, 6.45) is 5.04. The van der Waals surface area contributed by atoms with Gasteiger partial charge in [0.25, 0.3) is 5.91 Å². The van der Waals surface area contributed by atoms with Crippen molar-refractivity contribution in [3.8, 4) is 5.75 Å². The maximum Gasteiger partial charge on any atom is 0.273 e. The molecule has 0 spiro atoms. The molecular formula is C22H17Cl2N3O2. The van der Waals surface area contributed by atoms with E-state index in [0.717, 1.165) is 16.8 Å². The van der Waals surface area contributed by atoms with E-state index in [1.807, 2.05) is 19.1 Å². The quantitative estimate of drug-likeness (QED) is 0.609. The largest absolute Gasteiger partial charge is 0.508 e. The molecule has 1 unspecified atom stereocenters. The highest BCUT2D eigenvalue weighted by atomic mass is 35.5. The van der Waals surface area contributed by atoms with Crippen molar-refractivity contribution >= 4 is 34.8 Å². The Labute approximate surface area is 178 Å². The molecule has 29 heavy (non-hydrogen) atoms. The summed E-state index contributed by atoms with van der Waals surface area (Å²) in [5.74, 6) is -0.0297. The Kier molecular flexibility index (Phi) is 5.18. The number of hydrogen-bond donors (Lipinski definition) is 2. The van der Waals surface area contributed by atoms with Crippen LogP contribution in [0.1, 0.15) is 33.1 Å². The van der Waals surface area contributed by atoms with Crippen LogP contribution in [0.3, 0.4) is 0 Å². The van der Waals surface area contributed by atoms with Crippen LogP contribution < -0.4 is 5.43 Å². The third-order valence-electron chi connectivity index (χ3n) is 4.79. The Morgan fingerprint density at radius 2 is 1.79 bits per heavy atom. The number of hydrazine groups is 1. The fraction of sp³-hybridized carbons (Fsp3) is 0.0909. The van der Waals surface area contributed by atoms with Gasteiger partial charge in [-0.15, -0.1) is 0 Å². The molecule has 0 saturated carbocycles. The highest BCUT2D eigenvalue weighted by molar-refractivity contribution is 6.36. The standard InChI is InChI=1S/C22H17Cl2N3O2/c1-13-11-15(5-6-20(13)28)18-12-19(21-16(23)3-2-4-17(21)24)27(26-18)22(29)14-7-9-25-10-8-14/h2-12,19,26,28H,1H3. The maximum absolute atomic E-state index is 13.2. The molecule has 0 radical (unpaired) electrons. The molecule has 2 aromatic carbocycles. The molecule has 146 valence electrons. The lowest BCUT2D eigenvalue weighted by Gasteiger charge is -2.26. The van der Waals surface area contributed by atoms with Gasteiger partial charge in [0.05, 0.1) is 5.70 Å². The highest BCUT2D eigenvalue weighted by Crippen LogP contribution is 2.39. The number of nitrogens with zero attached hydrogens (tertiary/aromatic N) is 2. The summed E-state index contributed by atoms with van der Waals surface area (Å²) < 4.78 is 0. The first-order valence-corrected chi connectivity index (χ1v) is 9.67. The lowest BCUT2D eigenvalue weighted by Crippen LogP contribution is -2.39. The summed E-state index contributed by atoms with van der Waals surface area (Å²) in [7, 11) is 0. The van der Waals surface area contributed by atoms with Crippen molar-refractivity contribution in [1.29, 1.82) is 0 Å². The number of pyridine rings is 1. The summed E-state index contributed by atoms with van der Waals surface area (Å²) in [4.78, 5) is 17.2. The number of nitrogens with one attached hydrogen (secondary N) is 1. The normalized spacial score (nSPS) is 15.8. The first-order chi connectivity index (χ1) is 14.0. The smallest absolute Gasteiger partial charge is 0.273 e. The van der Waals surface area contributed by atoms with Crippen molar-refractivity contribution in [1.82, 2.24) is 15.4 Å². The Hall–Kier alpha value is -3.02. The summed E-state index contributed by atoms with van der Waals surface area (Å²) in [6, 6.07) is 13.3. The van der Waals surface area contributed by atoms with Crippen LogP contribution in [0.25, 0.3) is 5.70 Å². The van der Waals surface area contributed by atoms with Gasteiger partial charge in [-0.2, -0.15) is 0 Å². The second-order valence-electron chi connectivity index (χ2n) is 6.68. The van der Waals surface area contributed by atoms with Crippen LogP contribution in [0, 0.1) is 6.92 Å². The minimum Gasteiger partial charge on any atom is -0.508 e. The van der Waals surface area contributed by atoms with E-state index >= 15 is 0 Å². The minimum atomic E-state index is -0.513. The molecule has 3 aromatic rings. The zero-order valence-electron chi connectivity index (χ0n) is 15.4. The summed E-state index contributed by atoms with van der Waals surface area (Å²) in [5, 5.41) is 12.3. The minimum absolute atomic E-state index is 0.211. The van der Waals surface area contributed by atoms with E-state index in [2.05, 4.69) is 10.4 Å². The Balaban J connectivity index is 1.80. The molecule has 2 N–H and O–H groups in total. The molecular weight excluding hydrogens is 409 g/mol. The van der Waals surface area contributed by atoms with Gasteiger partial charge in [0.2, 0.25) is 0 Å². The number of amides is 1. The predicted octanol–water partition coefficient (Wildman–Crippen LogP) is 5.15. The second kappa shape index (κ2) is 7.78. The maximum atomic E-state index is 13.2. The zero-order chi connectivity index (χ0) is 20.5. The third kappa shape index (κ3) is 3.67. The van der Waals surface area contributed by atoms with E-state index in [1.54, 1.807) is 54.9 Å². The monoisotopic (exact) mass is 425 g/mol. The summed E-state index contributed by atoms with van der Waals surface area (Å²) in [5.41, 5.74) is 6.58. The summed E-state index contributed by atoms with van der Waals surface area (Å²) >= 11 is 12.9. The van der Waals surface area contributed by atoms with Crippen LogP contribution >= 0.6 is 23.2 Å². The molecule has 1 amide bonds. The molecule has 7 heteroatoms. The number of carbonyl (C=O) groups excluding carboxylic acids is 1. The van der Waals surface area contributed by atoms with Crippen molar-refractivity contribution in [2.24, 2.45) is 0 Å². The molecule has 1 atom stereocenters. The van der Waals surface area contributed by atoms with Crippen molar-refractivity contribution in [3.05, 3.63) is 99.3 Å². The first kappa shape index (κ1) is 19.3. The van der Waals surface area contributed by atoms with Crippen LogP contribution in [-0.2, 0) is 0 Å². The van der Waals surface area contributed by atoms with Crippen molar-refractivity contribution in [2.75, 3.05) is 0 Å². The number of phenolic OH excluding ortho intramolecular Hbond substituents is 1. The van der Waals surface area contributed by atoms with Gasteiger partial charge < -0.3 is 5.11 Å². The van der Waals surface area contributed by atoms with Gasteiger partial charge in [-0.25, -0.2) is 5.01 Å². The number of phenols is 1. The van der Waals surface area contributed by atoms with Crippen LogP contribution in [0.5, 0.6) is 5.75 Å². The van der Waals surface area contributed by atoms with Crippen LogP contribution in [-0.4, -0.2) is 21.0 Å².